The van der Waals surface area contributed by atoms with Gasteiger partial charge in [0.1, 0.15) is 6.33 Å². The van der Waals surface area contributed by atoms with Gasteiger partial charge in [-0.15, -0.1) is 12.3 Å². The van der Waals surface area contributed by atoms with Crippen molar-refractivity contribution in [1.29, 1.82) is 0 Å². The molecule has 0 atom stereocenters. The van der Waals surface area contributed by atoms with E-state index in [0.717, 1.165) is 31.8 Å². The standard InChI is InChI=1S/C11H18N4/c1-4-5-6-7-15-9-13-11(14-15)8-12-10(2)3/h1,9-10,12H,5-8H2,2-3H3. The lowest BCUT2D eigenvalue weighted by Crippen LogP contribution is -2.22. The van der Waals surface area contributed by atoms with E-state index in [-0.39, 0.29) is 0 Å². The third-order valence-electron chi connectivity index (χ3n) is 1.96. The Morgan fingerprint density at radius 2 is 2.40 bits per heavy atom. The van der Waals surface area contributed by atoms with E-state index < -0.39 is 0 Å². The molecule has 0 bridgehead atoms. The molecule has 1 N–H and O–H groups in total. The van der Waals surface area contributed by atoms with Gasteiger partial charge in [0.25, 0.3) is 0 Å². The van der Waals surface area contributed by atoms with Crippen LogP contribution in [0.15, 0.2) is 6.33 Å². The summed E-state index contributed by atoms with van der Waals surface area (Å²) < 4.78 is 1.84. The fraction of sp³-hybridized carbons (Fsp3) is 0.636. The predicted molar refractivity (Wildman–Crippen MR) is 60.1 cm³/mol. The molecular weight excluding hydrogens is 188 g/mol. The number of hydrogen-bond donors (Lipinski definition) is 1. The Kier molecular flexibility index (Phi) is 4.85. The highest BCUT2D eigenvalue weighted by Gasteiger charge is 2.00. The Labute approximate surface area is 91.1 Å². The number of rotatable bonds is 6. The summed E-state index contributed by atoms with van der Waals surface area (Å²) in [7, 11) is 0. The van der Waals surface area contributed by atoms with Gasteiger partial charge in [-0.3, -0.25) is 4.68 Å². The second-order valence-electron chi connectivity index (χ2n) is 3.77. The van der Waals surface area contributed by atoms with Crippen LogP contribution in [0, 0.1) is 12.3 Å². The highest BCUT2D eigenvalue weighted by atomic mass is 15.3. The minimum atomic E-state index is 0.457. The lowest BCUT2D eigenvalue weighted by atomic mass is 10.3. The summed E-state index contributed by atoms with van der Waals surface area (Å²) in [4.78, 5) is 4.20. The number of nitrogens with one attached hydrogen (secondary N) is 1. The highest BCUT2D eigenvalue weighted by molar-refractivity contribution is 4.84. The van der Waals surface area contributed by atoms with Crippen molar-refractivity contribution in [3.63, 3.8) is 0 Å². The topological polar surface area (TPSA) is 42.7 Å². The normalized spacial score (nSPS) is 10.5. The van der Waals surface area contributed by atoms with Gasteiger partial charge in [0.2, 0.25) is 0 Å². The summed E-state index contributed by atoms with van der Waals surface area (Å²) >= 11 is 0. The van der Waals surface area contributed by atoms with Crippen LogP contribution < -0.4 is 5.32 Å². The largest absolute Gasteiger partial charge is 0.308 e. The van der Waals surface area contributed by atoms with E-state index in [1.807, 2.05) is 4.68 Å². The minimum Gasteiger partial charge on any atom is -0.308 e. The number of terminal acetylenes is 1. The lowest BCUT2D eigenvalue weighted by molar-refractivity contribution is 0.548. The first kappa shape index (κ1) is 11.7. The number of aryl methyl sites for hydroxylation is 1. The number of nitrogens with zero attached hydrogens (tertiary/aromatic N) is 3. The van der Waals surface area contributed by atoms with Crippen molar-refractivity contribution < 1.29 is 0 Å². The van der Waals surface area contributed by atoms with Gasteiger partial charge in [-0.05, 0) is 6.42 Å². The molecule has 0 unspecified atom stereocenters. The molecule has 0 aromatic carbocycles. The zero-order valence-corrected chi connectivity index (χ0v) is 9.40. The minimum absolute atomic E-state index is 0.457. The van der Waals surface area contributed by atoms with E-state index in [9.17, 15) is 0 Å². The molecule has 0 aliphatic carbocycles. The molecule has 0 fully saturated rings. The van der Waals surface area contributed by atoms with Crippen LogP contribution in [0.4, 0.5) is 0 Å². The van der Waals surface area contributed by atoms with Crippen LogP contribution in [0.5, 0.6) is 0 Å². The number of unbranched alkanes of at least 4 members (excludes halogenated alkanes) is 1. The average molecular weight is 206 g/mol. The van der Waals surface area contributed by atoms with E-state index >= 15 is 0 Å². The van der Waals surface area contributed by atoms with Crippen molar-refractivity contribution in [2.24, 2.45) is 0 Å². The van der Waals surface area contributed by atoms with Crippen molar-refractivity contribution in [3.8, 4) is 12.3 Å². The zero-order chi connectivity index (χ0) is 11.1. The molecule has 0 aliphatic rings. The summed E-state index contributed by atoms with van der Waals surface area (Å²) in [5, 5.41) is 7.60. The van der Waals surface area contributed by atoms with Crippen molar-refractivity contribution in [3.05, 3.63) is 12.2 Å². The van der Waals surface area contributed by atoms with Crippen LogP contribution >= 0.6 is 0 Å². The molecular formula is C11H18N4. The molecule has 0 saturated carbocycles. The fourth-order valence-corrected chi connectivity index (χ4v) is 1.16. The molecule has 15 heavy (non-hydrogen) atoms. The summed E-state index contributed by atoms with van der Waals surface area (Å²) in [5.74, 6) is 3.45. The van der Waals surface area contributed by atoms with Crippen LogP contribution in [0.2, 0.25) is 0 Å². The third kappa shape index (κ3) is 4.61. The molecule has 1 heterocycles. The van der Waals surface area contributed by atoms with Gasteiger partial charge in [-0.2, -0.15) is 5.10 Å². The highest BCUT2D eigenvalue weighted by Crippen LogP contribution is 1.95. The third-order valence-corrected chi connectivity index (χ3v) is 1.96. The molecule has 0 aliphatic heterocycles. The van der Waals surface area contributed by atoms with Gasteiger partial charge in [0, 0.05) is 19.0 Å². The molecule has 4 nitrogen and oxygen atoms in total. The van der Waals surface area contributed by atoms with Crippen LogP contribution in [-0.2, 0) is 13.1 Å². The second kappa shape index (κ2) is 6.20. The van der Waals surface area contributed by atoms with Crippen LogP contribution in [0.3, 0.4) is 0 Å². The van der Waals surface area contributed by atoms with Crippen molar-refractivity contribution >= 4 is 0 Å². The van der Waals surface area contributed by atoms with Gasteiger partial charge < -0.3 is 5.32 Å². The molecule has 1 aromatic rings. The average Bonchev–Trinajstić information content (AvgIpc) is 2.63. The van der Waals surface area contributed by atoms with E-state index in [4.69, 9.17) is 6.42 Å². The summed E-state index contributed by atoms with van der Waals surface area (Å²) in [6, 6.07) is 0.457. The smallest absolute Gasteiger partial charge is 0.164 e. The Balaban J connectivity index is 2.32. The molecule has 0 radical (unpaired) electrons. The zero-order valence-electron chi connectivity index (χ0n) is 9.40. The molecule has 82 valence electrons. The maximum absolute atomic E-state index is 5.17. The van der Waals surface area contributed by atoms with Crippen LogP contribution in [0.1, 0.15) is 32.5 Å². The molecule has 0 saturated heterocycles. The van der Waals surface area contributed by atoms with Crippen molar-refractivity contribution in [2.75, 3.05) is 0 Å². The van der Waals surface area contributed by atoms with Crippen LogP contribution in [0.25, 0.3) is 0 Å². The van der Waals surface area contributed by atoms with E-state index in [1.54, 1.807) is 6.33 Å². The quantitative estimate of drug-likeness (QED) is 0.561. The molecule has 4 heteroatoms. The van der Waals surface area contributed by atoms with Gasteiger partial charge in [0.05, 0.1) is 6.54 Å². The lowest BCUT2D eigenvalue weighted by Gasteiger charge is -2.04. The van der Waals surface area contributed by atoms with Crippen LogP contribution in [-0.4, -0.2) is 20.8 Å². The number of hydrogen-bond acceptors (Lipinski definition) is 3. The summed E-state index contributed by atoms with van der Waals surface area (Å²) in [5.41, 5.74) is 0. The van der Waals surface area contributed by atoms with Gasteiger partial charge in [-0.25, -0.2) is 4.98 Å². The predicted octanol–water partition coefficient (Wildman–Crippen LogP) is 1.19. The first-order valence-corrected chi connectivity index (χ1v) is 5.27. The van der Waals surface area contributed by atoms with E-state index in [1.165, 1.54) is 0 Å². The fourth-order valence-electron chi connectivity index (χ4n) is 1.16. The molecule has 0 spiro atoms. The second-order valence-corrected chi connectivity index (χ2v) is 3.77. The Morgan fingerprint density at radius 1 is 1.60 bits per heavy atom. The molecule has 1 aromatic heterocycles. The van der Waals surface area contributed by atoms with Crippen molar-refractivity contribution in [2.45, 2.75) is 45.8 Å². The Bertz CT molecular complexity index is 322. The first-order valence-electron chi connectivity index (χ1n) is 5.27. The van der Waals surface area contributed by atoms with Crippen molar-refractivity contribution in [1.82, 2.24) is 20.1 Å². The summed E-state index contributed by atoms with van der Waals surface area (Å²) in [6.45, 7) is 5.77. The SMILES string of the molecule is C#CCCCn1cnc(CNC(C)C)n1. The number of aromatic nitrogens is 3. The Hall–Kier alpha value is -1.34. The monoisotopic (exact) mass is 206 g/mol. The maximum atomic E-state index is 5.17. The van der Waals surface area contributed by atoms with Gasteiger partial charge in [0.15, 0.2) is 5.82 Å². The molecule has 0 amide bonds. The Morgan fingerprint density at radius 3 is 3.07 bits per heavy atom. The maximum Gasteiger partial charge on any atom is 0.164 e. The van der Waals surface area contributed by atoms with E-state index in [0.29, 0.717) is 6.04 Å². The molecule has 1 rings (SSSR count). The first-order chi connectivity index (χ1) is 7.22. The summed E-state index contributed by atoms with van der Waals surface area (Å²) in [6.07, 6.45) is 8.68. The van der Waals surface area contributed by atoms with Gasteiger partial charge >= 0.3 is 0 Å². The van der Waals surface area contributed by atoms with Gasteiger partial charge in [-0.1, -0.05) is 13.8 Å². The van der Waals surface area contributed by atoms with E-state index in [2.05, 4.69) is 35.2 Å².